The molecule has 0 saturated heterocycles. The first kappa shape index (κ1) is 32.7. The minimum Gasteiger partial charge on any atom is -0.300 e. The van der Waals surface area contributed by atoms with Gasteiger partial charge in [0.1, 0.15) is 23.9 Å². The molecule has 0 radical (unpaired) electrons. The molecule has 3 aliphatic carbocycles. The topological polar surface area (TPSA) is 34.1 Å². The van der Waals surface area contributed by atoms with Crippen molar-refractivity contribution >= 4 is 11.6 Å². The van der Waals surface area contributed by atoms with Crippen molar-refractivity contribution in [2.75, 3.05) is 0 Å². The maximum absolute atomic E-state index is 15.9. The molecule has 4 heteroatoms. The Morgan fingerprint density at radius 3 is 1.54 bits per heavy atom. The Morgan fingerprint density at radius 2 is 0.974 bits per heavy atom. The van der Waals surface area contributed by atoms with Crippen molar-refractivity contribution in [3.05, 3.63) is 0 Å². The van der Waals surface area contributed by atoms with Gasteiger partial charge in [-0.15, -0.1) is 0 Å². The van der Waals surface area contributed by atoms with Gasteiger partial charge in [0.15, 0.2) is 0 Å². The second kappa shape index (κ2) is 17.9. The Morgan fingerprint density at radius 1 is 0.462 bits per heavy atom. The summed E-state index contributed by atoms with van der Waals surface area (Å²) in [4.78, 5) is 25.6. The summed E-state index contributed by atoms with van der Waals surface area (Å²) in [5, 5.41) is 0. The van der Waals surface area contributed by atoms with Gasteiger partial charge in [-0.3, -0.25) is 9.59 Å². The lowest BCUT2D eigenvalue weighted by Crippen LogP contribution is -2.31. The summed E-state index contributed by atoms with van der Waals surface area (Å²) in [6, 6.07) is 0. The predicted molar refractivity (Wildman–Crippen MR) is 158 cm³/mol. The fraction of sp³-hybridized carbons (Fsp3) is 0.943. The van der Waals surface area contributed by atoms with Crippen molar-refractivity contribution < 1.29 is 18.4 Å². The number of hydrogen-bond acceptors (Lipinski definition) is 2. The number of hydrogen-bond donors (Lipinski definition) is 0. The van der Waals surface area contributed by atoms with Crippen LogP contribution in [0.1, 0.15) is 162 Å². The molecular formula is C35H60F2O2. The third-order valence-corrected chi connectivity index (χ3v) is 10.9. The number of alkyl halides is 2. The van der Waals surface area contributed by atoms with Crippen LogP contribution in [0.25, 0.3) is 0 Å². The molecular weight excluding hydrogens is 490 g/mol. The van der Waals surface area contributed by atoms with Crippen LogP contribution in [-0.2, 0) is 9.59 Å². The lowest BCUT2D eigenvalue weighted by molar-refractivity contribution is -0.124. The molecule has 3 aliphatic rings. The van der Waals surface area contributed by atoms with E-state index in [1.54, 1.807) is 13.8 Å². The maximum atomic E-state index is 15.9. The quantitative estimate of drug-likeness (QED) is 0.349. The summed E-state index contributed by atoms with van der Waals surface area (Å²) >= 11 is 0. The van der Waals surface area contributed by atoms with E-state index < -0.39 is 12.3 Å². The highest BCUT2D eigenvalue weighted by molar-refractivity contribution is 5.78. The van der Waals surface area contributed by atoms with Gasteiger partial charge in [-0.25, -0.2) is 8.78 Å². The fourth-order valence-electron chi connectivity index (χ4n) is 8.60. The Balaban J connectivity index is 1.80. The second-order valence-electron chi connectivity index (χ2n) is 13.9. The van der Waals surface area contributed by atoms with E-state index in [1.165, 1.54) is 70.6 Å². The van der Waals surface area contributed by atoms with Crippen LogP contribution < -0.4 is 0 Å². The zero-order valence-electron chi connectivity index (χ0n) is 25.5. The molecule has 0 aliphatic heterocycles. The largest absolute Gasteiger partial charge is 0.300 e. The molecule has 3 saturated carbocycles. The number of carbonyl (C=O) groups is 2. The van der Waals surface area contributed by atoms with E-state index in [-0.39, 0.29) is 47.6 Å². The van der Waals surface area contributed by atoms with Gasteiger partial charge in [0.05, 0.1) is 0 Å². The normalized spacial score (nSPS) is 36.3. The van der Waals surface area contributed by atoms with E-state index in [0.29, 0.717) is 38.0 Å². The van der Waals surface area contributed by atoms with E-state index in [1.807, 2.05) is 0 Å². The molecule has 3 rings (SSSR count). The third kappa shape index (κ3) is 11.5. The van der Waals surface area contributed by atoms with E-state index in [4.69, 9.17) is 0 Å². The first-order chi connectivity index (χ1) is 18.8. The average molecular weight is 551 g/mol. The standard InChI is InChI=1S/C35H60F2O2/c1-26(38)30-22-31(28-16-12-8-4-3-5-9-13-17-28)25-32(36)21-20-29(23-33(37)24-30)35-19-15-11-7-6-10-14-18-34(35)27(2)39/h28-35H,3-25H2,1-2H3. The molecule has 2 nitrogen and oxygen atoms in total. The lowest BCUT2D eigenvalue weighted by atomic mass is 9.70. The Labute approximate surface area is 239 Å². The number of Topliss-reactive ketones (excluding diaryl/α,β-unsaturated/α-hetero) is 2. The Bertz CT molecular complexity index is 699. The summed E-state index contributed by atoms with van der Waals surface area (Å²) in [5.74, 6) is 0.797. The van der Waals surface area contributed by atoms with Crippen LogP contribution in [0.4, 0.5) is 8.78 Å². The predicted octanol–water partition coefficient (Wildman–Crippen LogP) is 10.6. The van der Waals surface area contributed by atoms with Crippen molar-refractivity contribution in [2.45, 2.75) is 174 Å². The van der Waals surface area contributed by atoms with E-state index in [9.17, 15) is 9.59 Å². The van der Waals surface area contributed by atoms with Gasteiger partial charge in [0, 0.05) is 11.8 Å². The first-order valence-corrected chi connectivity index (χ1v) is 17.1. The smallest absolute Gasteiger partial charge is 0.133 e. The summed E-state index contributed by atoms with van der Waals surface area (Å²) in [7, 11) is 0. The highest BCUT2D eigenvalue weighted by Crippen LogP contribution is 2.42. The van der Waals surface area contributed by atoms with Gasteiger partial charge in [-0.2, -0.15) is 0 Å². The van der Waals surface area contributed by atoms with Crippen molar-refractivity contribution in [3.8, 4) is 0 Å². The van der Waals surface area contributed by atoms with Gasteiger partial charge in [0.2, 0.25) is 0 Å². The minimum atomic E-state index is -1.05. The first-order valence-electron chi connectivity index (χ1n) is 17.1. The van der Waals surface area contributed by atoms with Crippen molar-refractivity contribution in [1.82, 2.24) is 0 Å². The Hall–Kier alpha value is -0.800. The highest BCUT2D eigenvalue weighted by atomic mass is 19.1. The molecule has 7 atom stereocenters. The molecule has 3 fully saturated rings. The van der Waals surface area contributed by atoms with Gasteiger partial charge >= 0.3 is 0 Å². The number of halogens is 2. The lowest BCUT2D eigenvalue weighted by Gasteiger charge is -2.35. The zero-order chi connectivity index (χ0) is 28.0. The number of carbonyl (C=O) groups excluding carboxylic acids is 2. The van der Waals surface area contributed by atoms with Crippen LogP contribution in [-0.4, -0.2) is 23.9 Å². The molecule has 0 spiro atoms. The van der Waals surface area contributed by atoms with Gasteiger partial charge in [-0.1, -0.05) is 96.3 Å². The molecule has 0 heterocycles. The molecule has 0 bridgehead atoms. The fourth-order valence-corrected chi connectivity index (χ4v) is 8.60. The van der Waals surface area contributed by atoms with Crippen molar-refractivity contribution in [2.24, 2.45) is 35.5 Å². The number of ketones is 2. The van der Waals surface area contributed by atoms with Crippen LogP contribution in [0, 0.1) is 35.5 Å². The van der Waals surface area contributed by atoms with Crippen LogP contribution in [0.15, 0.2) is 0 Å². The summed E-state index contributed by atoms with van der Waals surface area (Å²) < 4.78 is 31.7. The van der Waals surface area contributed by atoms with Crippen molar-refractivity contribution in [3.63, 3.8) is 0 Å². The Kier molecular flexibility index (Phi) is 15.0. The van der Waals surface area contributed by atoms with Gasteiger partial charge < -0.3 is 0 Å². The molecule has 0 N–H and O–H groups in total. The van der Waals surface area contributed by atoms with E-state index in [2.05, 4.69) is 0 Å². The molecule has 7 unspecified atom stereocenters. The number of rotatable bonds is 4. The van der Waals surface area contributed by atoms with Crippen molar-refractivity contribution in [1.29, 1.82) is 0 Å². The molecule has 0 aromatic heterocycles. The second-order valence-corrected chi connectivity index (χ2v) is 13.9. The third-order valence-electron chi connectivity index (χ3n) is 10.9. The molecule has 39 heavy (non-hydrogen) atoms. The van der Waals surface area contributed by atoms with E-state index >= 15 is 8.78 Å². The zero-order valence-corrected chi connectivity index (χ0v) is 25.5. The molecule has 0 aromatic rings. The van der Waals surface area contributed by atoms with Gasteiger partial charge in [-0.05, 0) is 88.9 Å². The van der Waals surface area contributed by atoms with Crippen LogP contribution in [0.5, 0.6) is 0 Å². The monoisotopic (exact) mass is 550 g/mol. The molecule has 0 aromatic carbocycles. The summed E-state index contributed by atoms with van der Waals surface area (Å²) in [6.45, 7) is 3.34. The average Bonchev–Trinajstić information content (AvgIpc) is 2.93. The van der Waals surface area contributed by atoms with Crippen LogP contribution >= 0.6 is 0 Å². The highest BCUT2D eigenvalue weighted by Gasteiger charge is 2.37. The van der Waals surface area contributed by atoms with E-state index in [0.717, 1.165) is 38.5 Å². The summed E-state index contributed by atoms with van der Waals surface area (Å²) in [5.41, 5.74) is 0. The molecule has 226 valence electrons. The molecule has 0 amide bonds. The van der Waals surface area contributed by atoms with Crippen LogP contribution in [0.3, 0.4) is 0 Å². The summed E-state index contributed by atoms with van der Waals surface area (Å²) in [6.07, 6.45) is 21.0. The maximum Gasteiger partial charge on any atom is 0.133 e. The minimum absolute atomic E-state index is 0.0252. The van der Waals surface area contributed by atoms with Crippen LogP contribution in [0.2, 0.25) is 0 Å². The SMILES string of the molecule is CC(=O)C1CC(F)CC(C2CCCCCCCCC2C(C)=O)CCC(F)CC(C2CCCCCCCCC2)C1. The van der Waals surface area contributed by atoms with Gasteiger partial charge in [0.25, 0.3) is 0 Å².